The largest absolute Gasteiger partial charge is 0.481 e. The topological polar surface area (TPSA) is 79.5 Å². The van der Waals surface area contributed by atoms with E-state index in [1.807, 2.05) is 42.5 Å². The van der Waals surface area contributed by atoms with Crippen LogP contribution in [0.15, 0.2) is 42.5 Å². The van der Waals surface area contributed by atoms with E-state index in [1.165, 1.54) is 12.8 Å². The van der Waals surface area contributed by atoms with E-state index in [-0.39, 0.29) is 16.9 Å². The summed E-state index contributed by atoms with van der Waals surface area (Å²) in [6.07, 6.45) is 4.29. The number of thiocarbonyl (C=S) groups is 1. The van der Waals surface area contributed by atoms with Gasteiger partial charge in [0.15, 0.2) is 11.2 Å². The van der Waals surface area contributed by atoms with E-state index in [2.05, 4.69) is 16.2 Å². The maximum atomic E-state index is 12.2. The van der Waals surface area contributed by atoms with Crippen LogP contribution in [-0.2, 0) is 9.59 Å². The Balaban J connectivity index is 1.42. The van der Waals surface area contributed by atoms with Crippen molar-refractivity contribution < 1.29 is 14.3 Å². The lowest BCUT2D eigenvalue weighted by atomic mass is 10.0. The van der Waals surface area contributed by atoms with Crippen molar-refractivity contribution in [2.24, 2.45) is 5.92 Å². The summed E-state index contributed by atoms with van der Waals surface area (Å²) in [5.74, 6) is 0.529. The molecule has 2 aromatic rings. The van der Waals surface area contributed by atoms with Crippen LogP contribution in [0, 0.1) is 5.92 Å². The third kappa shape index (κ3) is 5.66. The molecule has 1 unspecified atom stereocenters. The van der Waals surface area contributed by atoms with E-state index in [9.17, 15) is 9.59 Å². The number of carbonyl (C=O) groups is 2. The Hall–Kier alpha value is -2.67. The number of fused-ring (bicyclic) bond motifs is 1. The molecule has 6 nitrogen and oxygen atoms in total. The average Bonchev–Trinajstić information content (AvgIpc) is 3.18. The van der Waals surface area contributed by atoms with Crippen LogP contribution in [0.5, 0.6) is 5.75 Å². The zero-order valence-corrected chi connectivity index (χ0v) is 16.7. The molecular weight excluding hydrogens is 374 g/mol. The van der Waals surface area contributed by atoms with Crippen LogP contribution < -0.4 is 20.9 Å². The van der Waals surface area contributed by atoms with Crippen molar-refractivity contribution in [3.63, 3.8) is 0 Å². The highest BCUT2D eigenvalue weighted by Crippen LogP contribution is 2.27. The summed E-state index contributed by atoms with van der Waals surface area (Å²) in [5, 5.41) is 4.82. The second kappa shape index (κ2) is 9.50. The maximum Gasteiger partial charge on any atom is 0.279 e. The second-order valence-corrected chi connectivity index (χ2v) is 7.52. The molecule has 0 bridgehead atoms. The quantitative estimate of drug-likeness (QED) is 0.531. The number of hydrazine groups is 1. The van der Waals surface area contributed by atoms with Gasteiger partial charge in [-0.3, -0.25) is 20.4 Å². The fourth-order valence-corrected chi connectivity index (χ4v) is 3.57. The SMILES string of the molecule is CC(Oc1ccc2ccccc2c1)C(=O)NNC(=S)NC(=O)CC1CCCC1. The summed E-state index contributed by atoms with van der Waals surface area (Å²) in [6, 6.07) is 13.6. The first kappa shape index (κ1) is 20.1. The minimum absolute atomic E-state index is 0.0780. The lowest BCUT2D eigenvalue weighted by molar-refractivity contribution is -0.128. The average molecular weight is 400 g/mol. The number of amides is 2. The third-order valence-corrected chi connectivity index (χ3v) is 5.11. The van der Waals surface area contributed by atoms with Crippen LogP contribution in [0.3, 0.4) is 0 Å². The number of hydrogen-bond donors (Lipinski definition) is 3. The van der Waals surface area contributed by atoms with Gasteiger partial charge in [-0.25, -0.2) is 0 Å². The van der Waals surface area contributed by atoms with Crippen LogP contribution in [0.25, 0.3) is 10.8 Å². The van der Waals surface area contributed by atoms with Crippen molar-refractivity contribution in [1.29, 1.82) is 0 Å². The lowest BCUT2D eigenvalue weighted by Crippen LogP contribution is -2.51. The minimum atomic E-state index is -0.731. The molecule has 28 heavy (non-hydrogen) atoms. The summed E-state index contributed by atoms with van der Waals surface area (Å²) in [6.45, 7) is 1.65. The van der Waals surface area contributed by atoms with Crippen molar-refractivity contribution in [3.8, 4) is 5.75 Å². The normalized spacial score (nSPS) is 15.0. The van der Waals surface area contributed by atoms with E-state index in [1.54, 1.807) is 6.92 Å². The molecule has 0 spiro atoms. The van der Waals surface area contributed by atoms with Crippen LogP contribution in [0.2, 0.25) is 0 Å². The van der Waals surface area contributed by atoms with Crippen molar-refractivity contribution in [3.05, 3.63) is 42.5 Å². The summed E-state index contributed by atoms with van der Waals surface area (Å²) in [7, 11) is 0. The first-order valence-corrected chi connectivity index (χ1v) is 9.97. The monoisotopic (exact) mass is 399 g/mol. The highest BCUT2D eigenvalue weighted by atomic mass is 32.1. The van der Waals surface area contributed by atoms with Crippen molar-refractivity contribution in [2.75, 3.05) is 0 Å². The molecule has 1 saturated carbocycles. The van der Waals surface area contributed by atoms with Gasteiger partial charge in [0.2, 0.25) is 5.91 Å². The Morgan fingerprint density at radius 2 is 1.82 bits per heavy atom. The van der Waals surface area contributed by atoms with Gasteiger partial charge >= 0.3 is 0 Å². The highest BCUT2D eigenvalue weighted by molar-refractivity contribution is 7.80. The predicted octanol–water partition coefficient (Wildman–Crippen LogP) is 3.21. The van der Waals surface area contributed by atoms with Gasteiger partial charge in [-0.1, -0.05) is 43.2 Å². The Labute approximate surface area is 170 Å². The molecule has 0 radical (unpaired) electrons. The van der Waals surface area contributed by atoms with E-state index in [0.717, 1.165) is 23.6 Å². The van der Waals surface area contributed by atoms with Gasteiger partial charge in [0.05, 0.1) is 0 Å². The minimum Gasteiger partial charge on any atom is -0.481 e. The molecule has 0 aliphatic heterocycles. The zero-order valence-electron chi connectivity index (χ0n) is 15.9. The van der Waals surface area contributed by atoms with Crippen LogP contribution >= 0.6 is 12.2 Å². The van der Waals surface area contributed by atoms with E-state index in [0.29, 0.717) is 18.1 Å². The first-order valence-electron chi connectivity index (χ1n) is 9.56. The standard InChI is InChI=1S/C21H25N3O3S/c1-14(27-18-11-10-16-8-4-5-9-17(16)13-18)20(26)23-24-21(28)22-19(25)12-15-6-2-3-7-15/h4-5,8-11,13-15H,2-3,6-7,12H2,1H3,(H,23,26)(H2,22,24,25,28). The van der Waals surface area contributed by atoms with Gasteiger partial charge in [-0.2, -0.15) is 0 Å². The fourth-order valence-electron chi connectivity index (χ4n) is 3.40. The number of ether oxygens (including phenoxy) is 1. The summed E-state index contributed by atoms with van der Waals surface area (Å²) >= 11 is 5.06. The maximum absolute atomic E-state index is 12.2. The number of benzene rings is 2. The fraction of sp³-hybridized carbons (Fsp3) is 0.381. The van der Waals surface area contributed by atoms with Gasteiger partial charge in [0.1, 0.15) is 5.75 Å². The van der Waals surface area contributed by atoms with Crippen LogP contribution in [0.4, 0.5) is 0 Å². The number of hydrogen-bond acceptors (Lipinski definition) is 4. The molecule has 0 saturated heterocycles. The van der Waals surface area contributed by atoms with Gasteiger partial charge in [0.25, 0.3) is 5.91 Å². The molecule has 1 fully saturated rings. The van der Waals surface area contributed by atoms with E-state index in [4.69, 9.17) is 17.0 Å². The molecule has 2 amide bonds. The molecule has 0 aromatic heterocycles. The van der Waals surface area contributed by atoms with E-state index >= 15 is 0 Å². The molecular formula is C21H25N3O3S. The number of carbonyl (C=O) groups excluding carboxylic acids is 2. The third-order valence-electron chi connectivity index (χ3n) is 4.90. The molecule has 3 rings (SSSR count). The summed E-state index contributed by atoms with van der Waals surface area (Å²) < 4.78 is 5.70. The summed E-state index contributed by atoms with van der Waals surface area (Å²) in [4.78, 5) is 24.2. The van der Waals surface area contributed by atoms with Crippen molar-refractivity contribution in [1.82, 2.24) is 16.2 Å². The zero-order chi connectivity index (χ0) is 19.9. The smallest absolute Gasteiger partial charge is 0.279 e. The Bertz CT molecular complexity index is 865. The van der Waals surface area contributed by atoms with Crippen molar-refractivity contribution in [2.45, 2.75) is 45.1 Å². The second-order valence-electron chi connectivity index (χ2n) is 7.12. The molecule has 1 aliphatic carbocycles. The lowest BCUT2D eigenvalue weighted by Gasteiger charge is -2.17. The van der Waals surface area contributed by atoms with Crippen LogP contribution in [0.1, 0.15) is 39.0 Å². The highest BCUT2D eigenvalue weighted by Gasteiger charge is 2.19. The molecule has 1 atom stereocenters. The molecule has 0 heterocycles. The Morgan fingerprint density at radius 3 is 2.57 bits per heavy atom. The summed E-state index contributed by atoms with van der Waals surface area (Å²) in [5.41, 5.74) is 5.02. The number of nitrogens with one attached hydrogen (secondary N) is 3. The van der Waals surface area contributed by atoms with Gasteiger partial charge < -0.3 is 10.1 Å². The molecule has 7 heteroatoms. The molecule has 148 valence electrons. The molecule has 1 aliphatic rings. The van der Waals surface area contributed by atoms with Gasteiger partial charge in [0, 0.05) is 6.42 Å². The van der Waals surface area contributed by atoms with Crippen LogP contribution in [-0.4, -0.2) is 23.0 Å². The van der Waals surface area contributed by atoms with Crippen molar-refractivity contribution >= 4 is 39.9 Å². The van der Waals surface area contributed by atoms with E-state index < -0.39 is 6.10 Å². The molecule has 2 aromatic carbocycles. The Morgan fingerprint density at radius 1 is 1.11 bits per heavy atom. The number of rotatable bonds is 5. The van der Waals surface area contributed by atoms with Gasteiger partial charge in [-0.15, -0.1) is 0 Å². The van der Waals surface area contributed by atoms with Gasteiger partial charge in [-0.05, 0) is 60.8 Å². The molecule has 3 N–H and O–H groups in total. The first-order chi connectivity index (χ1) is 13.5. The predicted molar refractivity (Wildman–Crippen MR) is 113 cm³/mol. The Kier molecular flexibility index (Phi) is 6.81.